The summed E-state index contributed by atoms with van der Waals surface area (Å²) in [7, 11) is 0. The first-order chi connectivity index (χ1) is 46.2. The Bertz CT molecular complexity index is 2990. The lowest BCUT2D eigenvalue weighted by atomic mass is 10.0. The van der Waals surface area contributed by atoms with Gasteiger partial charge in [0.2, 0.25) is 46.6 Å². The van der Waals surface area contributed by atoms with Crippen molar-refractivity contribution in [3.05, 3.63) is 285 Å². The van der Waals surface area contributed by atoms with Crippen LogP contribution in [0.15, 0.2) is 250 Å². The number of rotatable bonds is 4. The molecule has 0 spiro atoms. The van der Waals surface area contributed by atoms with E-state index in [1.807, 2.05) is 149 Å². The minimum atomic E-state index is -1.33. The van der Waals surface area contributed by atoms with E-state index in [0.717, 1.165) is 70.0 Å². The van der Waals surface area contributed by atoms with Gasteiger partial charge in [0.05, 0.1) is 24.2 Å². The first kappa shape index (κ1) is 80.6. The molecule has 0 bridgehead atoms. The van der Waals surface area contributed by atoms with Gasteiger partial charge in [0.1, 0.15) is 0 Å². The van der Waals surface area contributed by atoms with Gasteiger partial charge in [-0.2, -0.15) is 32.1 Å². The third kappa shape index (κ3) is 37.1. The summed E-state index contributed by atoms with van der Waals surface area (Å²) < 4.78 is 108. The normalized spacial score (nSPS) is 22.2. The predicted molar refractivity (Wildman–Crippen MR) is 383 cm³/mol. The van der Waals surface area contributed by atoms with E-state index in [1.54, 1.807) is 0 Å². The molecule has 12 aromatic rings. The number of hydrogen-bond acceptors (Lipinski definition) is 24. The highest BCUT2D eigenvalue weighted by molar-refractivity contribution is 7.85. The van der Waals surface area contributed by atoms with Gasteiger partial charge < -0.3 is 18.2 Å². The molecule has 12 atom stereocenters. The van der Waals surface area contributed by atoms with E-state index in [4.69, 9.17) is 16.7 Å². The van der Waals surface area contributed by atoms with Gasteiger partial charge in [0.25, 0.3) is 0 Å². The van der Waals surface area contributed by atoms with Crippen molar-refractivity contribution in [3.63, 3.8) is 0 Å². The Labute approximate surface area is 592 Å². The van der Waals surface area contributed by atoms with Crippen molar-refractivity contribution in [3.8, 4) is 0 Å². The molecular formula is C68H84N4O16S8. The van der Waals surface area contributed by atoms with Gasteiger partial charge >= 0.3 is 47.7 Å². The van der Waals surface area contributed by atoms with Crippen molar-refractivity contribution in [1.29, 1.82) is 0 Å². The minimum Gasteiger partial charge on any atom is -0.566 e. The Hall–Kier alpha value is -6.04. The van der Waals surface area contributed by atoms with Crippen LogP contribution in [-0.2, 0) is 63.3 Å². The van der Waals surface area contributed by atoms with Crippen molar-refractivity contribution < 1.29 is 67.0 Å². The highest BCUT2D eigenvalue weighted by atomic mass is 32.2. The molecule has 8 unspecified atom stereocenters. The summed E-state index contributed by atoms with van der Waals surface area (Å²) in [5.41, 5.74) is 14.9. The molecule has 16 rings (SSSR count). The maximum atomic E-state index is 11.0. The standard InChI is InChI=1S/4C9H11NO2S.4C8H10.4O2S/c4*1-7-9(12-13(11)10-7)8-5-3-2-4-6-8;4*1-7-3-5-8(2)6-4-7;4*1-2-3-1/h4*2-7,9-10H,1H3;4*3-6H,1-2H3;;;;/t4*7?,9-,13?;;;;;;;;/m1100......../s1. The quantitative estimate of drug-likeness (QED) is 0.0941. The zero-order valence-corrected chi connectivity index (χ0v) is 61.7. The lowest BCUT2D eigenvalue weighted by Crippen LogP contribution is -2.24. The van der Waals surface area contributed by atoms with Gasteiger partial charge in [-0.25, -0.2) is 0 Å². The Morgan fingerprint density at radius 3 is 0.458 bits per heavy atom. The summed E-state index contributed by atoms with van der Waals surface area (Å²) in [5, 5.41) is 0. The molecule has 28 heteroatoms. The molecule has 4 aliphatic heterocycles. The molecule has 4 aliphatic rings. The highest BCUT2D eigenvalue weighted by Crippen LogP contribution is 2.31. The van der Waals surface area contributed by atoms with Gasteiger partial charge in [-0.05, 0) is 105 Å². The zero-order chi connectivity index (χ0) is 69.5. The second kappa shape index (κ2) is 46.3. The number of aryl methyl sites for hydroxylation is 8. The van der Waals surface area contributed by atoms with Crippen LogP contribution in [-0.4, -0.2) is 42.4 Å². The van der Waals surface area contributed by atoms with Crippen molar-refractivity contribution >= 4 is 94.3 Å². The van der Waals surface area contributed by atoms with Gasteiger partial charge in [-0.3, -0.25) is 0 Å². The molecule has 4 fully saturated rings. The molecule has 0 saturated carbocycles. The second-order valence-corrected chi connectivity index (χ2v) is 26.9. The molecule has 0 amide bonds. The number of nitrogens with one attached hydrogen (secondary N) is 4. The van der Waals surface area contributed by atoms with Crippen LogP contribution >= 0.6 is 47.7 Å². The molecule has 4 saturated heterocycles. The van der Waals surface area contributed by atoms with Crippen molar-refractivity contribution in [2.24, 2.45) is 0 Å². The monoisotopic (exact) mass is 1470 g/mol. The van der Waals surface area contributed by atoms with Crippen LogP contribution in [0, 0.1) is 55.4 Å². The second-order valence-electron chi connectivity index (χ2n) is 21.7. The molecule has 4 aromatic heterocycles. The first-order valence-electron chi connectivity index (χ1n) is 30.0. The summed E-state index contributed by atoms with van der Waals surface area (Å²) in [6.07, 6.45) is -0.381. The highest BCUT2D eigenvalue weighted by Gasteiger charge is 2.39. The van der Waals surface area contributed by atoms with E-state index in [1.165, 1.54) is 44.5 Å². The third-order valence-corrected chi connectivity index (χ3v) is 17.7. The molecule has 8 heterocycles. The fraction of sp³-hybridized carbons (Fsp3) is 0.294. The molecule has 0 aliphatic carbocycles. The summed E-state index contributed by atoms with van der Waals surface area (Å²) in [6.45, 7) is 24.6. The lowest BCUT2D eigenvalue weighted by Gasteiger charge is -2.07. The Kier molecular flexibility index (Phi) is 38.9. The Morgan fingerprint density at radius 2 is 0.365 bits per heavy atom. The van der Waals surface area contributed by atoms with E-state index >= 15 is 0 Å². The number of hydrogen-bond donors (Lipinski definition) is 4. The van der Waals surface area contributed by atoms with E-state index in [0.29, 0.717) is 0 Å². The minimum absolute atomic E-state index is 0.0953. The van der Waals surface area contributed by atoms with Crippen LogP contribution in [0.3, 0.4) is 0 Å². The topological polar surface area (TPSA) is 282 Å². The van der Waals surface area contributed by atoms with Crippen LogP contribution in [0.25, 0.3) is 0 Å². The molecule has 96 heavy (non-hydrogen) atoms. The van der Waals surface area contributed by atoms with Gasteiger partial charge in [0.15, 0.2) is 24.4 Å². The number of benzene rings is 8. The van der Waals surface area contributed by atoms with Crippen molar-refractivity contribution in [1.82, 2.24) is 18.9 Å². The third-order valence-electron chi connectivity index (χ3n) is 13.4. The summed E-state index contributed by atoms with van der Waals surface area (Å²) in [4.78, 5) is 0. The van der Waals surface area contributed by atoms with E-state index in [2.05, 4.69) is 203 Å². The van der Waals surface area contributed by atoms with E-state index in [9.17, 15) is 18.2 Å². The SMILES string of the molecule is CC1N[S+]([O-])O[C@@H]1c1ccccc1.CC1N[S+]([O-])O[C@@H]1c1ccccc1.CC1N[S+]([O-])O[C@H]1c1ccccc1.CC1N[S+]([O-])O[C@H]1c1ccccc1.Cc1ccc(C)cc1.Cc1ccc(C)cc1.Cc1ccc(C)cc1.Cc1ccc(C)cc1.o1os1.o1os1.o1os1.o1os1. The van der Waals surface area contributed by atoms with Gasteiger partial charge in [-0.15, -0.1) is 35.6 Å². The Morgan fingerprint density at radius 1 is 0.240 bits per heavy atom. The molecule has 4 N–H and O–H groups in total. The van der Waals surface area contributed by atoms with Crippen molar-refractivity contribution in [2.75, 3.05) is 0 Å². The molecule has 20 nitrogen and oxygen atoms in total. The predicted octanol–water partition coefficient (Wildman–Crippen LogP) is 18.2. The summed E-state index contributed by atoms with van der Waals surface area (Å²) in [5.74, 6) is 0. The summed E-state index contributed by atoms with van der Waals surface area (Å²) in [6, 6.07) is 73.6. The smallest absolute Gasteiger partial charge is 0.335 e. The zero-order valence-electron chi connectivity index (χ0n) is 55.2. The van der Waals surface area contributed by atoms with Crippen LogP contribution in [0.2, 0.25) is 0 Å². The van der Waals surface area contributed by atoms with Crippen LogP contribution in [0.1, 0.15) is 119 Å². The molecule has 520 valence electrons. The average molecular weight is 1470 g/mol. The van der Waals surface area contributed by atoms with Crippen LogP contribution in [0.4, 0.5) is 0 Å². The molecule has 0 radical (unpaired) electrons. The fourth-order valence-electron chi connectivity index (χ4n) is 8.17. The Balaban J connectivity index is 0.000000195. The summed E-state index contributed by atoms with van der Waals surface area (Å²) >= 11 is -1.33. The first-order valence-corrected chi connectivity index (χ1v) is 36.9. The average Bonchev–Trinajstić information content (AvgIpc) is 1.87. The maximum absolute atomic E-state index is 11.0. The van der Waals surface area contributed by atoms with E-state index in [-0.39, 0.29) is 48.6 Å². The molecule has 8 aromatic carbocycles. The van der Waals surface area contributed by atoms with Gasteiger partial charge in [-0.1, -0.05) is 263 Å². The molecular weight excluding hydrogens is 1390 g/mol. The van der Waals surface area contributed by atoms with Gasteiger partial charge in [0, 0.05) is 0 Å². The largest absolute Gasteiger partial charge is 0.566 e. The fourth-order valence-corrected chi connectivity index (χ4v) is 12.0. The lowest BCUT2D eigenvalue weighted by molar-refractivity contribution is 0.225. The maximum Gasteiger partial charge on any atom is 0.335 e. The van der Waals surface area contributed by atoms with Crippen LogP contribution < -0.4 is 18.9 Å². The van der Waals surface area contributed by atoms with Crippen molar-refractivity contribution in [2.45, 2.75) is 132 Å². The van der Waals surface area contributed by atoms with E-state index < -0.39 is 46.6 Å². The van der Waals surface area contributed by atoms with Crippen LogP contribution in [0.5, 0.6) is 0 Å².